The quantitative estimate of drug-likeness (QED) is 0.508. The molecule has 0 heterocycles. The highest BCUT2D eigenvalue weighted by Crippen LogP contribution is 2.29. The van der Waals surface area contributed by atoms with Gasteiger partial charge in [0.1, 0.15) is 6.04 Å². The molecule has 1 N–H and O–H groups in total. The summed E-state index contributed by atoms with van der Waals surface area (Å²) in [6.07, 6.45) is 1.53. The molecule has 0 radical (unpaired) electrons. The van der Waals surface area contributed by atoms with E-state index < -0.39 is 32.4 Å². The first-order valence-electron chi connectivity index (χ1n) is 9.42. The molecule has 9 heteroatoms. The van der Waals surface area contributed by atoms with Crippen LogP contribution in [0.25, 0.3) is 0 Å². The molecular weight excluding hydrogens is 406 g/mol. The lowest BCUT2D eigenvalue weighted by atomic mass is 9.94. The van der Waals surface area contributed by atoms with E-state index in [0.29, 0.717) is 12.0 Å². The van der Waals surface area contributed by atoms with Crippen molar-refractivity contribution in [1.29, 1.82) is 0 Å². The Morgan fingerprint density at radius 1 is 1.20 bits per heavy atom. The third-order valence-electron chi connectivity index (χ3n) is 4.68. The van der Waals surface area contributed by atoms with Crippen LogP contribution in [0.2, 0.25) is 0 Å². The zero-order valence-electron chi connectivity index (χ0n) is 17.7. The van der Waals surface area contributed by atoms with Crippen LogP contribution in [0.4, 0.5) is 11.4 Å². The molecule has 8 nitrogen and oxygen atoms in total. The van der Waals surface area contributed by atoms with E-state index in [9.17, 15) is 23.3 Å². The largest absolute Gasteiger partial charge is 0.349 e. The van der Waals surface area contributed by atoms with Crippen molar-refractivity contribution in [3.05, 3.63) is 69.8 Å². The van der Waals surface area contributed by atoms with Gasteiger partial charge in [0.25, 0.3) is 5.69 Å². The van der Waals surface area contributed by atoms with E-state index >= 15 is 0 Å². The molecule has 0 unspecified atom stereocenters. The Morgan fingerprint density at radius 3 is 2.33 bits per heavy atom. The van der Waals surface area contributed by atoms with E-state index in [0.717, 1.165) is 16.1 Å². The normalized spacial score (nSPS) is 12.8. The monoisotopic (exact) mass is 433 g/mol. The minimum absolute atomic E-state index is 0.107. The number of benzene rings is 2. The third kappa shape index (κ3) is 5.79. The number of nitro groups is 1. The third-order valence-corrected chi connectivity index (χ3v) is 5.91. The second-order valence-corrected chi connectivity index (χ2v) is 9.86. The number of anilines is 1. The van der Waals surface area contributed by atoms with Crippen LogP contribution in [0.1, 0.15) is 31.9 Å². The fourth-order valence-corrected chi connectivity index (χ4v) is 4.54. The molecule has 2 rings (SSSR count). The minimum atomic E-state index is -3.89. The lowest BCUT2D eigenvalue weighted by Gasteiger charge is -2.33. The van der Waals surface area contributed by atoms with Gasteiger partial charge in [-0.2, -0.15) is 0 Å². The average Bonchev–Trinajstić information content (AvgIpc) is 2.62. The van der Waals surface area contributed by atoms with Gasteiger partial charge in [-0.15, -0.1) is 0 Å². The number of hydrogen-bond acceptors (Lipinski definition) is 5. The number of carbonyl (C=O) groups is 1. The molecule has 0 aromatic heterocycles. The molecule has 2 aromatic carbocycles. The van der Waals surface area contributed by atoms with Crippen LogP contribution in [0.5, 0.6) is 0 Å². The predicted octanol–water partition coefficient (Wildman–Crippen LogP) is 3.20. The SMILES string of the molecule is Cc1ccc([N+](=O)[O-])cc1N([C@H](C)C(=O)NC(C)(C)Cc1ccccc1)S(C)(=O)=O. The summed E-state index contributed by atoms with van der Waals surface area (Å²) in [5, 5.41) is 14.1. The Morgan fingerprint density at radius 2 is 1.80 bits per heavy atom. The van der Waals surface area contributed by atoms with E-state index in [-0.39, 0.29) is 11.4 Å². The summed E-state index contributed by atoms with van der Waals surface area (Å²) >= 11 is 0. The molecule has 2 aromatic rings. The van der Waals surface area contributed by atoms with E-state index in [1.54, 1.807) is 6.92 Å². The Balaban J connectivity index is 2.34. The van der Waals surface area contributed by atoms with Gasteiger partial charge in [-0.1, -0.05) is 36.4 Å². The molecule has 0 aliphatic heterocycles. The van der Waals surface area contributed by atoms with E-state index in [1.165, 1.54) is 25.1 Å². The summed E-state index contributed by atoms with van der Waals surface area (Å²) in [4.78, 5) is 23.5. The van der Waals surface area contributed by atoms with Gasteiger partial charge in [-0.3, -0.25) is 19.2 Å². The number of aryl methyl sites for hydroxylation is 1. The van der Waals surface area contributed by atoms with E-state index in [4.69, 9.17) is 0 Å². The second-order valence-electron chi connectivity index (χ2n) is 8.00. The maximum atomic E-state index is 13.0. The van der Waals surface area contributed by atoms with Gasteiger partial charge in [0.15, 0.2) is 0 Å². The van der Waals surface area contributed by atoms with Crippen molar-refractivity contribution in [2.75, 3.05) is 10.6 Å². The number of amides is 1. The molecular formula is C21H27N3O5S. The van der Waals surface area contributed by atoms with Crippen molar-refractivity contribution in [3.63, 3.8) is 0 Å². The number of rotatable bonds is 8. The van der Waals surface area contributed by atoms with Crippen molar-refractivity contribution in [2.45, 2.75) is 45.7 Å². The Kier molecular flexibility index (Phi) is 6.87. The summed E-state index contributed by atoms with van der Waals surface area (Å²) in [7, 11) is -3.89. The lowest BCUT2D eigenvalue weighted by Crippen LogP contribution is -2.54. The first-order valence-corrected chi connectivity index (χ1v) is 11.3. The minimum Gasteiger partial charge on any atom is -0.349 e. The van der Waals surface area contributed by atoms with Crippen molar-refractivity contribution in [1.82, 2.24) is 5.32 Å². The molecule has 0 aliphatic carbocycles. The fraction of sp³-hybridized carbons (Fsp3) is 0.381. The lowest BCUT2D eigenvalue weighted by molar-refractivity contribution is -0.384. The molecule has 0 aliphatic rings. The van der Waals surface area contributed by atoms with Crippen LogP contribution < -0.4 is 9.62 Å². The zero-order valence-corrected chi connectivity index (χ0v) is 18.6. The summed E-state index contributed by atoms with van der Waals surface area (Å²) in [6, 6.07) is 12.5. The number of nitro benzene ring substituents is 1. The highest BCUT2D eigenvalue weighted by molar-refractivity contribution is 7.92. The first-order chi connectivity index (χ1) is 13.8. The molecule has 0 saturated carbocycles. The number of non-ortho nitro benzene ring substituents is 1. The van der Waals surface area contributed by atoms with Crippen LogP contribution >= 0.6 is 0 Å². The molecule has 30 heavy (non-hydrogen) atoms. The standard InChI is InChI=1S/C21H27N3O5S/c1-15-11-12-18(24(26)27)13-19(15)23(30(5,28)29)16(2)20(25)22-21(3,4)14-17-9-7-6-8-10-17/h6-13,16H,14H2,1-5H3,(H,22,25)/t16-/m1/s1. The number of carbonyl (C=O) groups excluding carboxylic acids is 1. The Labute approximate surface area is 177 Å². The summed E-state index contributed by atoms with van der Waals surface area (Å²) < 4.78 is 26.0. The van der Waals surface area contributed by atoms with E-state index in [1.807, 2.05) is 44.2 Å². The zero-order chi connectivity index (χ0) is 22.7. The van der Waals surface area contributed by atoms with Crippen LogP contribution in [0.3, 0.4) is 0 Å². The molecule has 0 fully saturated rings. The maximum absolute atomic E-state index is 13.0. The molecule has 0 spiro atoms. The van der Waals surface area contributed by atoms with Gasteiger partial charge in [0.05, 0.1) is 16.9 Å². The van der Waals surface area contributed by atoms with Crippen LogP contribution in [0.15, 0.2) is 48.5 Å². The van der Waals surface area contributed by atoms with Gasteiger partial charge in [-0.05, 0) is 45.2 Å². The number of nitrogens with zero attached hydrogens (tertiary/aromatic N) is 2. The first kappa shape index (κ1) is 23.3. The summed E-state index contributed by atoms with van der Waals surface area (Å²) in [6.45, 7) is 6.82. The topological polar surface area (TPSA) is 110 Å². The predicted molar refractivity (Wildman–Crippen MR) is 117 cm³/mol. The fourth-order valence-electron chi connectivity index (χ4n) is 3.32. The average molecular weight is 434 g/mol. The van der Waals surface area contributed by atoms with Gasteiger partial charge in [0.2, 0.25) is 15.9 Å². The van der Waals surface area contributed by atoms with Gasteiger partial charge < -0.3 is 5.32 Å². The maximum Gasteiger partial charge on any atom is 0.271 e. The van der Waals surface area contributed by atoms with Crippen molar-refractivity contribution >= 4 is 27.3 Å². The van der Waals surface area contributed by atoms with Gasteiger partial charge in [-0.25, -0.2) is 8.42 Å². The van der Waals surface area contributed by atoms with Crippen molar-refractivity contribution in [2.24, 2.45) is 0 Å². The summed E-state index contributed by atoms with van der Waals surface area (Å²) in [5.74, 6) is -0.493. The number of hydrogen-bond donors (Lipinski definition) is 1. The van der Waals surface area contributed by atoms with Crippen LogP contribution in [-0.2, 0) is 21.2 Å². The smallest absolute Gasteiger partial charge is 0.271 e. The summed E-state index contributed by atoms with van der Waals surface area (Å²) in [5.41, 5.74) is 0.767. The second kappa shape index (κ2) is 8.83. The van der Waals surface area contributed by atoms with Crippen molar-refractivity contribution in [3.8, 4) is 0 Å². The Bertz CT molecular complexity index is 1040. The van der Waals surface area contributed by atoms with Gasteiger partial charge in [0, 0.05) is 17.7 Å². The van der Waals surface area contributed by atoms with E-state index in [2.05, 4.69) is 5.32 Å². The Hall–Kier alpha value is -2.94. The molecule has 0 saturated heterocycles. The van der Waals surface area contributed by atoms with Crippen LogP contribution in [-0.4, -0.2) is 37.1 Å². The molecule has 1 atom stereocenters. The molecule has 1 amide bonds. The molecule has 0 bridgehead atoms. The number of nitrogens with one attached hydrogen (secondary N) is 1. The molecule has 162 valence electrons. The van der Waals surface area contributed by atoms with Gasteiger partial charge >= 0.3 is 0 Å². The van der Waals surface area contributed by atoms with Crippen LogP contribution in [0, 0.1) is 17.0 Å². The van der Waals surface area contributed by atoms with Crippen molar-refractivity contribution < 1.29 is 18.1 Å². The highest BCUT2D eigenvalue weighted by atomic mass is 32.2. The highest BCUT2D eigenvalue weighted by Gasteiger charge is 2.33. The number of sulfonamides is 1.